The highest BCUT2D eigenvalue weighted by Crippen LogP contribution is 2.31. The SMILES string of the molecule is CC1CCC(N)C(S(=O)C2CCCCC2)C1. The summed E-state index contributed by atoms with van der Waals surface area (Å²) in [6, 6.07) is 0.193. The van der Waals surface area contributed by atoms with E-state index in [-0.39, 0.29) is 11.3 Å². The monoisotopic (exact) mass is 243 g/mol. The van der Waals surface area contributed by atoms with Crippen LogP contribution in [0.15, 0.2) is 0 Å². The molecule has 4 atom stereocenters. The van der Waals surface area contributed by atoms with Crippen LogP contribution in [0.3, 0.4) is 0 Å². The van der Waals surface area contributed by atoms with Crippen molar-refractivity contribution in [3.63, 3.8) is 0 Å². The maximum Gasteiger partial charge on any atom is 0.0504 e. The van der Waals surface area contributed by atoms with Gasteiger partial charge in [0.25, 0.3) is 0 Å². The van der Waals surface area contributed by atoms with E-state index in [2.05, 4.69) is 6.92 Å². The molecule has 94 valence electrons. The van der Waals surface area contributed by atoms with Crippen molar-refractivity contribution in [2.45, 2.75) is 74.8 Å². The van der Waals surface area contributed by atoms with E-state index in [9.17, 15) is 4.21 Å². The molecule has 0 aliphatic heterocycles. The first-order valence-electron chi connectivity index (χ1n) is 6.83. The summed E-state index contributed by atoms with van der Waals surface area (Å²) in [5.74, 6) is 0.720. The molecular formula is C13H25NOS. The third-order valence-electron chi connectivity index (χ3n) is 4.28. The summed E-state index contributed by atoms with van der Waals surface area (Å²) < 4.78 is 12.5. The van der Waals surface area contributed by atoms with E-state index in [1.54, 1.807) is 0 Å². The predicted molar refractivity (Wildman–Crippen MR) is 69.8 cm³/mol. The fraction of sp³-hybridized carbons (Fsp3) is 1.00. The van der Waals surface area contributed by atoms with Crippen LogP contribution >= 0.6 is 0 Å². The first kappa shape index (κ1) is 12.6. The van der Waals surface area contributed by atoms with Crippen molar-refractivity contribution >= 4 is 10.8 Å². The molecule has 0 bridgehead atoms. The van der Waals surface area contributed by atoms with Gasteiger partial charge in [0, 0.05) is 22.1 Å². The van der Waals surface area contributed by atoms with Gasteiger partial charge in [0.2, 0.25) is 0 Å². The highest BCUT2D eigenvalue weighted by Gasteiger charge is 2.34. The Kier molecular flexibility index (Phi) is 4.42. The largest absolute Gasteiger partial charge is 0.327 e. The highest BCUT2D eigenvalue weighted by atomic mass is 32.2. The number of hydrogen-bond acceptors (Lipinski definition) is 2. The Morgan fingerprint density at radius 1 is 1.06 bits per heavy atom. The fourth-order valence-electron chi connectivity index (χ4n) is 3.16. The van der Waals surface area contributed by atoms with Gasteiger partial charge in [0.15, 0.2) is 0 Å². The molecule has 0 aromatic rings. The molecule has 0 saturated heterocycles. The van der Waals surface area contributed by atoms with Gasteiger partial charge in [-0.1, -0.05) is 26.2 Å². The average Bonchev–Trinajstić information content (AvgIpc) is 2.32. The van der Waals surface area contributed by atoms with Gasteiger partial charge < -0.3 is 5.73 Å². The molecule has 0 radical (unpaired) electrons. The van der Waals surface area contributed by atoms with Crippen LogP contribution in [0.4, 0.5) is 0 Å². The Morgan fingerprint density at radius 3 is 2.44 bits per heavy atom. The van der Waals surface area contributed by atoms with Crippen molar-refractivity contribution in [3.05, 3.63) is 0 Å². The van der Waals surface area contributed by atoms with Gasteiger partial charge in [-0.15, -0.1) is 0 Å². The Labute approximate surface area is 102 Å². The molecule has 16 heavy (non-hydrogen) atoms. The second-order valence-corrected chi connectivity index (χ2v) is 7.64. The second-order valence-electron chi connectivity index (χ2n) is 5.71. The Balaban J connectivity index is 1.96. The van der Waals surface area contributed by atoms with Crippen LogP contribution in [-0.4, -0.2) is 20.8 Å². The summed E-state index contributed by atoms with van der Waals surface area (Å²) >= 11 is 0. The van der Waals surface area contributed by atoms with Crippen molar-refractivity contribution in [2.75, 3.05) is 0 Å². The van der Waals surface area contributed by atoms with Crippen LogP contribution in [-0.2, 0) is 10.8 Å². The van der Waals surface area contributed by atoms with Crippen molar-refractivity contribution in [1.29, 1.82) is 0 Å². The molecule has 2 aliphatic carbocycles. The molecule has 2 aliphatic rings. The summed E-state index contributed by atoms with van der Waals surface area (Å²) in [6.07, 6.45) is 9.60. The Morgan fingerprint density at radius 2 is 1.75 bits per heavy atom. The summed E-state index contributed by atoms with van der Waals surface area (Å²) in [5, 5.41) is 0.738. The van der Waals surface area contributed by atoms with Crippen molar-refractivity contribution < 1.29 is 4.21 Å². The Bertz CT molecular complexity index is 250. The highest BCUT2D eigenvalue weighted by molar-refractivity contribution is 7.86. The van der Waals surface area contributed by atoms with Crippen LogP contribution in [0.25, 0.3) is 0 Å². The third kappa shape index (κ3) is 2.86. The first-order chi connectivity index (χ1) is 7.68. The predicted octanol–water partition coefficient (Wildman–Crippen LogP) is 2.58. The van der Waals surface area contributed by atoms with Crippen LogP contribution in [0, 0.1) is 5.92 Å². The topological polar surface area (TPSA) is 43.1 Å². The van der Waals surface area contributed by atoms with Crippen molar-refractivity contribution in [1.82, 2.24) is 0 Å². The molecular weight excluding hydrogens is 218 g/mol. The Hall–Kier alpha value is 0.110. The minimum atomic E-state index is -0.669. The lowest BCUT2D eigenvalue weighted by molar-refractivity contribution is 0.350. The summed E-state index contributed by atoms with van der Waals surface area (Å²) in [6.45, 7) is 2.27. The van der Waals surface area contributed by atoms with E-state index in [0.717, 1.165) is 18.8 Å². The van der Waals surface area contributed by atoms with Crippen molar-refractivity contribution in [3.8, 4) is 0 Å². The van der Waals surface area contributed by atoms with E-state index >= 15 is 0 Å². The minimum absolute atomic E-state index is 0.193. The number of hydrogen-bond donors (Lipinski definition) is 1. The fourth-order valence-corrected chi connectivity index (χ4v) is 5.46. The van der Waals surface area contributed by atoms with Crippen molar-refractivity contribution in [2.24, 2.45) is 11.7 Å². The normalized spacial score (nSPS) is 39.5. The van der Waals surface area contributed by atoms with E-state index < -0.39 is 10.8 Å². The lowest BCUT2D eigenvalue weighted by Crippen LogP contribution is -2.45. The van der Waals surface area contributed by atoms with E-state index in [1.165, 1.54) is 38.5 Å². The molecule has 0 aromatic carbocycles. The second kappa shape index (κ2) is 5.63. The van der Waals surface area contributed by atoms with Crippen LogP contribution in [0.5, 0.6) is 0 Å². The van der Waals surface area contributed by atoms with Gasteiger partial charge in [-0.2, -0.15) is 0 Å². The molecule has 0 amide bonds. The molecule has 2 N–H and O–H groups in total. The first-order valence-corrected chi connectivity index (χ1v) is 8.11. The summed E-state index contributed by atoms with van der Waals surface area (Å²) in [7, 11) is -0.669. The lowest BCUT2D eigenvalue weighted by atomic mass is 9.87. The maximum absolute atomic E-state index is 12.5. The number of nitrogens with two attached hydrogens (primary N) is 1. The summed E-state index contributed by atoms with van der Waals surface area (Å²) in [4.78, 5) is 0. The molecule has 2 nitrogen and oxygen atoms in total. The smallest absolute Gasteiger partial charge is 0.0504 e. The molecule has 2 rings (SSSR count). The molecule has 2 fully saturated rings. The zero-order chi connectivity index (χ0) is 11.5. The minimum Gasteiger partial charge on any atom is -0.327 e. The maximum atomic E-state index is 12.5. The quantitative estimate of drug-likeness (QED) is 0.810. The standard InChI is InChI=1S/C13H25NOS/c1-10-7-8-12(14)13(9-10)16(15)11-5-3-2-4-6-11/h10-13H,2-9,14H2,1H3. The third-order valence-corrected chi connectivity index (χ3v) is 6.55. The molecule has 0 spiro atoms. The van der Waals surface area contributed by atoms with Gasteiger partial charge in [-0.05, 0) is 38.0 Å². The zero-order valence-electron chi connectivity index (χ0n) is 10.4. The molecule has 0 aromatic heterocycles. The zero-order valence-corrected chi connectivity index (χ0v) is 11.2. The molecule has 4 unspecified atom stereocenters. The van der Waals surface area contributed by atoms with Crippen LogP contribution < -0.4 is 5.73 Å². The molecule has 2 saturated carbocycles. The van der Waals surface area contributed by atoms with Crippen LogP contribution in [0.2, 0.25) is 0 Å². The van der Waals surface area contributed by atoms with Gasteiger partial charge in [-0.25, -0.2) is 0 Å². The van der Waals surface area contributed by atoms with Gasteiger partial charge in [-0.3, -0.25) is 4.21 Å². The molecule has 3 heteroatoms. The van der Waals surface area contributed by atoms with Crippen LogP contribution in [0.1, 0.15) is 58.3 Å². The van der Waals surface area contributed by atoms with Gasteiger partial charge in [0.05, 0.1) is 5.25 Å². The lowest BCUT2D eigenvalue weighted by Gasteiger charge is -2.35. The summed E-state index contributed by atoms with van der Waals surface area (Å²) in [5.41, 5.74) is 6.16. The van der Waals surface area contributed by atoms with E-state index in [0.29, 0.717) is 5.25 Å². The van der Waals surface area contributed by atoms with E-state index in [4.69, 9.17) is 5.73 Å². The molecule has 0 heterocycles. The van der Waals surface area contributed by atoms with Gasteiger partial charge in [0.1, 0.15) is 0 Å². The van der Waals surface area contributed by atoms with Gasteiger partial charge >= 0.3 is 0 Å². The number of rotatable bonds is 2. The average molecular weight is 243 g/mol. The van der Waals surface area contributed by atoms with E-state index in [1.807, 2.05) is 0 Å².